The second-order valence-corrected chi connectivity index (χ2v) is 7.08. The number of hydrogen-bond acceptors (Lipinski definition) is 5. The first-order valence-corrected chi connectivity index (χ1v) is 10.3. The van der Waals surface area contributed by atoms with Gasteiger partial charge in [-0.2, -0.15) is 0 Å². The van der Waals surface area contributed by atoms with Crippen LogP contribution >= 0.6 is 11.8 Å². The van der Waals surface area contributed by atoms with Crippen molar-refractivity contribution in [1.29, 1.82) is 0 Å². The normalized spacial score (nSPS) is 13.0. The molecule has 0 fully saturated rings. The molecule has 140 valence electrons. The van der Waals surface area contributed by atoms with Gasteiger partial charge >= 0.3 is 0 Å². The van der Waals surface area contributed by atoms with Crippen LogP contribution in [0.2, 0.25) is 0 Å². The third-order valence-corrected chi connectivity index (χ3v) is 5.23. The Morgan fingerprint density at radius 1 is 1.15 bits per heavy atom. The maximum Gasteiger partial charge on any atom is 0.164 e. The van der Waals surface area contributed by atoms with Gasteiger partial charge in [0.15, 0.2) is 11.5 Å². The van der Waals surface area contributed by atoms with E-state index in [1.807, 2.05) is 18.2 Å². The molecule has 0 atom stereocenters. The fourth-order valence-electron chi connectivity index (χ4n) is 3.10. The number of hydrogen-bond donors (Lipinski definition) is 1. The summed E-state index contributed by atoms with van der Waals surface area (Å²) in [5.74, 6) is 2.74. The Kier molecular flexibility index (Phi) is 7.09. The number of methoxy groups -OCH3 is 1. The molecule has 0 spiro atoms. The topological polar surface area (TPSA) is 39.7 Å². The molecular weight excluding hydrogens is 346 g/mol. The molecule has 2 aromatic carbocycles. The van der Waals surface area contributed by atoms with Gasteiger partial charge in [0.2, 0.25) is 0 Å². The van der Waals surface area contributed by atoms with Crippen LogP contribution in [0.15, 0.2) is 41.3 Å². The second-order valence-electron chi connectivity index (χ2n) is 6.23. The van der Waals surface area contributed by atoms with Gasteiger partial charge in [-0.15, -0.1) is 11.8 Å². The van der Waals surface area contributed by atoms with Gasteiger partial charge in [-0.1, -0.05) is 18.2 Å². The Hall–Kier alpha value is -1.85. The number of rotatable bonds is 9. The SMILES string of the molecule is COc1ccc(CCNCCOc2cccc3c2OCCC3)cc1SC. The number of aryl methyl sites for hydroxylation is 1. The van der Waals surface area contributed by atoms with E-state index in [0.29, 0.717) is 6.61 Å². The maximum absolute atomic E-state index is 5.92. The third-order valence-electron chi connectivity index (χ3n) is 4.47. The molecule has 5 heteroatoms. The summed E-state index contributed by atoms with van der Waals surface area (Å²) >= 11 is 1.71. The van der Waals surface area contributed by atoms with E-state index in [4.69, 9.17) is 14.2 Å². The van der Waals surface area contributed by atoms with E-state index < -0.39 is 0 Å². The Bertz CT molecular complexity index is 720. The molecule has 2 aromatic rings. The molecule has 0 aliphatic carbocycles. The highest BCUT2D eigenvalue weighted by molar-refractivity contribution is 7.98. The van der Waals surface area contributed by atoms with Crippen molar-refractivity contribution in [2.24, 2.45) is 0 Å². The maximum atomic E-state index is 5.92. The van der Waals surface area contributed by atoms with Gasteiger partial charge in [0.25, 0.3) is 0 Å². The lowest BCUT2D eigenvalue weighted by Gasteiger charge is -2.20. The largest absolute Gasteiger partial charge is 0.496 e. The van der Waals surface area contributed by atoms with Crippen LogP contribution in [0.5, 0.6) is 17.2 Å². The minimum Gasteiger partial charge on any atom is -0.496 e. The Balaban J connectivity index is 1.40. The predicted octanol–water partition coefficient (Wildman–Crippen LogP) is 3.95. The van der Waals surface area contributed by atoms with Gasteiger partial charge < -0.3 is 19.5 Å². The smallest absolute Gasteiger partial charge is 0.164 e. The van der Waals surface area contributed by atoms with Crippen LogP contribution in [-0.4, -0.2) is 39.7 Å². The second kappa shape index (κ2) is 9.74. The summed E-state index contributed by atoms with van der Waals surface area (Å²) in [4.78, 5) is 1.18. The molecule has 1 heterocycles. The van der Waals surface area contributed by atoms with Crippen molar-refractivity contribution in [3.8, 4) is 17.2 Å². The summed E-state index contributed by atoms with van der Waals surface area (Å²) in [5, 5.41) is 3.45. The van der Waals surface area contributed by atoms with Crippen LogP contribution in [0.4, 0.5) is 0 Å². The predicted molar refractivity (Wildman–Crippen MR) is 107 cm³/mol. The van der Waals surface area contributed by atoms with Gasteiger partial charge in [0, 0.05) is 11.4 Å². The van der Waals surface area contributed by atoms with Crippen molar-refractivity contribution >= 4 is 11.8 Å². The van der Waals surface area contributed by atoms with Crippen LogP contribution in [0.25, 0.3) is 0 Å². The number of thioether (sulfide) groups is 1. The highest BCUT2D eigenvalue weighted by Gasteiger charge is 2.14. The molecule has 1 aliphatic rings. The molecule has 0 aromatic heterocycles. The Morgan fingerprint density at radius 2 is 2.08 bits per heavy atom. The number of nitrogens with one attached hydrogen (secondary N) is 1. The molecule has 0 unspecified atom stereocenters. The van der Waals surface area contributed by atoms with Crippen LogP contribution in [0, 0.1) is 0 Å². The van der Waals surface area contributed by atoms with E-state index in [-0.39, 0.29) is 0 Å². The van der Waals surface area contributed by atoms with Gasteiger partial charge in [-0.3, -0.25) is 0 Å². The average molecular weight is 374 g/mol. The Labute approximate surface area is 160 Å². The first-order chi connectivity index (χ1) is 12.8. The first-order valence-electron chi connectivity index (χ1n) is 9.11. The molecule has 1 aliphatic heterocycles. The molecule has 0 radical (unpaired) electrons. The Morgan fingerprint density at radius 3 is 2.92 bits per heavy atom. The zero-order valence-electron chi connectivity index (χ0n) is 15.5. The molecule has 0 saturated heterocycles. The van der Waals surface area contributed by atoms with Crippen molar-refractivity contribution in [2.75, 3.05) is 39.7 Å². The molecular formula is C21H27NO3S. The zero-order chi connectivity index (χ0) is 18.2. The van der Waals surface area contributed by atoms with E-state index in [9.17, 15) is 0 Å². The third kappa shape index (κ3) is 4.86. The highest BCUT2D eigenvalue weighted by Crippen LogP contribution is 2.34. The van der Waals surface area contributed by atoms with Gasteiger partial charge in [0.1, 0.15) is 12.4 Å². The standard InChI is InChI=1S/C21H27NO3S/c1-23-18-9-8-16(15-20(18)26-2)10-11-22-12-14-24-19-7-3-5-17-6-4-13-25-21(17)19/h3,5,7-9,15,22H,4,6,10-14H2,1-2H3. The first kappa shape index (κ1) is 18.9. The summed E-state index contributed by atoms with van der Waals surface area (Å²) in [6, 6.07) is 12.5. The minimum atomic E-state index is 0.637. The van der Waals surface area contributed by atoms with Gasteiger partial charge in [-0.25, -0.2) is 0 Å². The summed E-state index contributed by atoms with van der Waals surface area (Å²) in [6.07, 6.45) is 5.22. The number of fused-ring (bicyclic) bond motifs is 1. The lowest BCUT2D eigenvalue weighted by atomic mass is 10.1. The highest BCUT2D eigenvalue weighted by atomic mass is 32.2. The molecule has 0 amide bonds. The van der Waals surface area contributed by atoms with E-state index in [0.717, 1.165) is 56.2 Å². The average Bonchev–Trinajstić information content (AvgIpc) is 2.70. The van der Waals surface area contributed by atoms with Crippen molar-refractivity contribution in [3.63, 3.8) is 0 Å². The molecule has 3 rings (SSSR count). The lowest BCUT2D eigenvalue weighted by molar-refractivity contribution is 0.251. The summed E-state index contributed by atoms with van der Waals surface area (Å²) < 4.78 is 17.1. The summed E-state index contributed by atoms with van der Waals surface area (Å²) in [6.45, 7) is 3.16. The number of para-hydroxylation sites is 1. The number of benzene rings is 2. The fourth-order valence-corrected chi connectivity index (χ4v) is 3.72. The van der Waals surface area contributed by atoms with Crippen LogP contribution in [0.1, 0.15) is 17.5 Å². The van der Waals surface area contributed by atoms with E-state index >= 15 is 0 Å². The lowest BCUT2D eigenvalue weighted by Crippen LogP contribution is -2.23. The van der Waals surface area contributed by atoms with Crippen molar-refractivity contribution in [1.82, 2.24) is 5.32 Å². The summed E-state index contributed by atoms with van der Waals surface area (Å²) in [5.41, 5.74) is 2.57. The van der Waals surface area contributed by atoms with Crippen molar-refractivity contribution < 1.29 is 14.2 Å². The molecule has 1 N–H and O–H groups in total. The van der Waals surface area contributed by atoms with Crippen molar-refractivity contribution in [2.45, 2.75) is 24.2 Å². The molecule has 0 bridgehead atoms. The van der Waals surface area contributed by atoms with Crippen molar-refractivity contribution in [3.05, 3.63) is 47.5 Å². The zero-order valence-corrected chi connectivity index (χ0v) is 16.4. The molecule has 4 nitrogen and oxygen atoms in total. The van der Waals surface area contributed by atoms with E-state index in [1.54, 1.807) is 18.9 Å². The van der Waals surface area contributed by atoms with Crippen LogP contribution < -0.4 is 19.5 Å². The number of ether oxygens (including phenoxy) is 3. The van der Waals surface area contributed by atoms with Gasteiger partial charge in [-0.05, 0) is 61.4 Å². The van der Waals surface area contributed by atoms with E-state index in [2.05, 4.69) is 29.8 Å². The molecule has 0 saturated carbocycles. The van der Waals surface area contributed by atoms with Gasteiger partial charge in [0.05, 0.1) is 13.7 Å². The van der Waals surface area contributed by atoms with Crippen LogP contribution in [0.3, 0.4) is 0 Å². The summed E-state index contributed by atoms with van der Waals surface area (Å²) in [7, 11) is 1.71. The quantitative estimate of drug-likeness (QED) is 0.532. The van der Waals surface area contributed by atoms with Crippen LogP contribution in [-0.2, 0) is 12.8 Å². The van der Waals surface area contributed by atoms with E-state index in [1.165, 1.54) is 16.0 Å². The minimum absolute atomic E-state index is 0.637. The monoisotopic (exact) mass is 373 g/mol. The molecule has 26 heavy (non-hydrogen) atoms. The fraction of sp³-hybridized carbons (Fsp3) is 0.429.